The molecule has 0 saturated heterocycles. The lowest BCUT2D eigenvalue weighted by Gasteiger charge is -2.23. The number of rotatable bonds is 5. The maximum absolute atomic E-state index is 13.2. The third-order valence-corrected chi connectivity index (χ3v) is 6.13. The van der Waals surface area contributed by atoms with E-state index >= 15 is 0 Å². The normalized spacial score (nSPS) is 15.9. The van der Waals surface area contributed by atoms with Gasteiger partial charge >= 0.3 is 6.18 Å². The number of hydrogen-bond acceptors (Lipinski definition) is 4. The van der Waals surface area contributed by atoms with Gasteiger partial charge in [-0.2, -0.15) is 18.3 Å². The topological polar surface area (TPSA) is 57.8 Å². The molecule has 9 heteroatoms. The molecule has 0 radical (unpaired) electrons. The number of alkyl halides is 3. The van der Waals surface area contributed by atoms with E-state index in [0.717, 1.165) is 41.7 Å². The van der Waals surface area contributed by atoms with Gasteiger partial charge < -0.3 is 9.30 Å². The molecule has 0 bridgehead atoms. The summed E-state index contributed by atoms with van der Waals surface area (Å²) in [5.41, 5.74) is 2.76. The van der Waals surface area contributed by atoms with Crippen molar-refractivity contribution < 1.29 is 17.9 Å². The lowest BCUT2D eigenvalue weighted by Crippen LogP contribution is -2.18. The predicted molar refractivity (Wildman–Crippen MR) is 120 cm³/mol. The standard InChI is InChI=1S/C25H24F3N5O/c1-16-14-32(15-29-16)21-9-8-17(11-22(21)34-2)12-23-30-24-20(7-4-10-33(24)31-23)18-5-3-6-19(13-18)25(26,27)28/h3,5-6,8-9,11,13-15,20H,4,7,10,12H2,1-2H3. The SMILES string of the molecule is COc1cc(Cc2nc3n(n2)CCCC3c2cccc(C(F)(F)F)c2)ccc1-n1cnc(C)c1. The van der Waals surface area contributed by atoms with Crippen LogP contribution >= 0.6 is 0 Å². The molecular formula is C25H24F3N5O. The third kappa shape index (κ3) is 4.30. The van der Waals surface area contributed by atoms with Crippen molar-refractivity contribution in [1.82, 2.24) is 24.3 Å². The Bertz CT molecular complexity index is 1320. The quantitative estimate of drug-likeness (QED) is 0.399. The van der Waals surface area contributed by atoms with E-state index in [0.29, 0.717) is 30.1 Å². The Labute approximate surface area is 195 Å². The van der Waals surface area contributed by atoms with Gasteiger partial charge in [0.2, 0.25) is 0 Å². The third-order valence-electron chi connectivity index (χ3n) is 6.13. The number of aromatic nitrogens is 5. The first-order valence-electron chi connectivity index (χ1n) is 11.1. The fourth-order valence-electron chi connectivity index (χ4n) is 4.50. The van der Waals surface area contributed by atoms with E-state index in [4.69, 9.17) is 9.72 Å². The average molecular weight is 467 g/mol. The average Bonchev–Trinajstić information content (AvgIpc) is 3.44. The van der Waals surface area contributed by atoms with Crippen molar-refractivity contribution in [2.24, 2.45) is 0 Å². The minimum absolute atomic E-state index is 0.210. The number of methoxy groups -OCH3 is 1. The summed E-state index contributed by atoms with van der Waals surface area (Å²) in [5, 5.41) is 4.66. The Balaban J connectivity index is 1.42. The van der Waals surface area contributed by atoms with Crippen LogP contribution in [0.25, 0.3) is 5.69 Å². The second kappa shape index (κ2) is 8.62. The lowest BCUT2D eigenvalue weighted by atomic mass is 9.90. The van der Waals surface area contributed by atoms with Crippen LogP contribution in [0.4, 0.5) is 13.2 Å². The highest BCUT2D eigenvalue weighted by Crippen LogP contribution is 2.36. The van der Waals surface area contributed by atoms with Crippen LogP contribution < -0.4 is 4.74 Å². The summed E-state index contributed by atoms with van der Waals surface area (Å²) in [6.07, 6.45) is 1.37. The number of ether oxygens (including phenoxy) is 1. The Morgan fingerprint density at radius 1 is 1.15 bits per heavy atom. The summed E-state index contributed by atoms with van der Waals surface area (Å²) in [7, 11) is 1.62. The number of fused-ring (bicyclic) bond motifs is 1. The van der Waals surface area contributed by atoms with Gasteiger partial charge in [-0.15, -0.1) is 0 Å². The van der Waals surface area contributed by atoms with E-state index in [2.05, 4.69) is 10.1 Å². The zero-order chi connectivity index (χ0) is 23.9. The second-order valence-corrected chi connectivity index (χ2v) is 8.53. The predicted octanol–water partition coefficient (Wildman–Crippen LogP) is 5.32. The summed E-state index contributed by atoms with van der Waals surface area (Å²) in [6, 6.07) is 11.5. The minimum atomic E-state index is -4.37. The van der Waals surface area contributed by atoms with Gasteiger partial charge in [0.1, 0.15) is 11.6 Å². The molecular weight excluding hydrogens is 443 g/mol. The van der Waals surface area contributed by atoms with E-state index in [-0.39, 0.29) is 5.92 Å². The van der Waals surface area contributed by atoms with Crippen LogP contribution in [0.3, 0.4) is 0 Å². The molecule has 1 aliphatic heterocycles. The molecule has 0 N–H and O–H groups in total. The number of imidazole rings is 1. The van der Waals surface area contributed by atoms with E-state index in [1.54, 1.807) is 19.5 Å². The maximum Gasteiger partial charge on any atom is 0.416 e. The molecule has 0 amide bonds. The fraction of sp³-hybridized carbons (Fsp3) is 0.320. The number of aryl methyl sites for hydroxylation is 2. The molecule has 0 aliphatic carbocycles. The molecule has 2 aromatic heterocycles. The first-order chi connectivity index (χ1) is 16.3. The Hall–Kier alpha value is -3.62. The first kappa shape index (κ1) is 22.2. The smallest absolute Gasteiger partial charge is 0.416 e. The van der Waals surface area contributed by atoms with Gasteiger partial charge in [0.25, 0.3) is 0 Å². The molecule has 5 rings (SSSR count). The molecule has 34 heavy (non-hydrogen) atoms. The van der Waals surface area contributed by atoms with Crippen LogP contribution in [-0.4, -0.2) is 31.4 Å². The zero-order valence-corrected chi connectivity index (χ0v) is 18.9. The number of halogens is 3. The van der Waals surface area contributed by atoms with Crippen molar-refractivity contribution in [3.8, 4) is 11.4 Å². The summed E-state index contributed by atoms with van der Waals surface area (Å²) in [5.74, 6) is 1.86. The summed E-state index contributed by atoms with van der Waals surface area (Å²) in [6.45, 7) is 2.64. The molecule has 1 atom stereocenters. The van der Waals surface area contributed by atoms with E-state index < -0.39 is 11.7 Å². The number of hydrogen-bond donors (Lipinski definition) is 0. The Morgan fingerprint density at radius 2 is 2.00 bits per heavy atom. The fourth-order valence-corrected chi connectivity index (χ4v) is 4.50. The van der Waals surface area contributed by atoms with Crippen LogP contribution in [-0.2, 0) is 19.1 Å². The molecule has 6 nitrogen and oxygen atoms in total. The lowest BCUT2D eigenvalue weighted by molar-refractivity contribution is -0.137. The van der Waals surface area contributed by atoms with Crippen LogP contribution in [0, 0.1) is 6.92 Å². The van der Waals surface area contributed by atoms with Crippen LogP contribution in [0.15, 0.2) is 55.0 Å². The van der Waals surface area contributed by atoms with Gasteiger partial charge in [0.05, 0.1) is 30.4 Å². The molecule has 0 fully saturated rings. The van der Waals surface area contributed by atoms with Gasteiger partial charge in [0, 0.05) is 25.1 Å². The first-order valence-corrected chi connectivity index (χ1v) is 11.1. The molecule has 4 aromatic rings. The Morgan fingerprint density at radius 3 is 2.74 bits per heavy atom. The van der Waals surface area contributed by atoms with Crippen molar-refractivity contribution in [2.75, 3.05) is 7.11 Å². The minimum Gasteiger partial charge on any atom is -0.495 e. The monoisotopic (exact) mass is 467 g/mol. The van der Waals surface area contributed by atoms with Gasteiger partial charge in [-0.05, 0) is 49.1 Å². The molecule has 1 unspecified atom stereocenters. The van der Waals surface area contributed by atoms with Crippen molar-refractivity contribution >= 4 is 0 Å². The van der Waals surface area contributed by atoms with E-state index in [1.807, 2.05) is 40.6 Å². The molecule has 0 saturated carbocycles. The van der Waals surface area contributed by atoms with Crippen molar-refractivity contribution in [1.29, 1.82) is 0 Å². The molecule has 1 aliphatic rings. The number of nitrogens with zero attached hydrogens (tertiary/aromatic N) is 5. The van der Waals surface area contributed by atoms with Crippen molar-refractivity contribution in [3.63, 3.8) is 0 Å². The summed E-state index contributed by atoms with van der Waals surface area (Å²) < 4.78 is 49.0. The zero-order valence-electron chi connectivity index (χ0n) is 18.9. The van der Waals surface area contributed by atoms with Crippen LogP contribution in [0.5, 0.6) is 5.75 Å². The summed E-state index contributed by atoms with van der Waals surface area (Å²) >= 11 is 0. The van der Waals surface area contributed by atoms with Crippen molar-refractivity contribution in [2.45, 2.75) is 44.8 Å². The largest absolute Gasteiger partial charge is 0.495 e. The van der Waals surface area contributed by atoms with Gasteiger partial charge in [-0.25, -0.2) is 14.6 Å². The van der Waals surface area contributed by atoms with Gasteiger partial charge in [-0.3, -0.25) is 0 Å². The van der Waals surface area contributed by atoms with E-state index in [1.165, 1.54) is 12.1 Å². The van der Waals surface area contributed by atoms with Crippen molar-refractivity contribution in [3.05, 3.63) is 89.0 Å². The molecule has 176 valence electrons. The molecule has 0 spiro atoms. The summed E-state index contributed by atoms with van der Waals surface area (Å²) in [4.78, 5) is 9.02. The highest BCUT2D eigenvalue weighted by molar-refractivity contribution is 5.49. The highest BCUT2D eigenvalue weighted by atomic mass is 19.4. The van der Waals surface area contributed by atoms with Crippen LogP contribution in [0.1, 0.15) is 52.8 Å². The Kier molecular flexibility index (Phi) is 5.63. The van der Waals surface area contributed by atoms with Gasteiger partial charge in [-0.1, -0.05) is 24.3 Å². The van der Waals surface area contributed by atoms with E-state index in [9.17, 15) is 13.2 Å². The maximum atomic E-state index is 13.2. The molecule has 3 heterocycles. The van der Waals surface area contributed by atoms with Gasteiger partial charge in [0.15, 0.2) is 5.82 Å². The number of benzene rings is 2. The highest BCUT2D eigenvalue weighted by Gasteiger charge is 2.32. The second-order valence-electron chi connectivity index (χ2n) is 8.53. The molecule has 2 aromatic carbocycles. The van der Waals surface area contributed by atoms with Crippen LogP contribution in [0.2, 0.25) is 0 Å².